The number of benzene rings is 1. The van der Waals surface area contributed by atoms with Crippen LogP contribution in [0.5, 0.6) is 0 Å². The maximum atomic E-state index is 5.53. The fourth-order valence-electron chi connectivity index (χ4n) is 4.76. The van der Waals surface area contributed by atoms with Crippen LogP contribution in [0, 0.1) is 0 Å². The summed E-state index contributed by atoms with van der Waals surface area (Å²) in [6, 6.07) is 12.7. The van der Waals surface area contributed by atoms with Gasteiger partial charge in [0.15, 0.2) is 11.6 Å². The molecule has 0 amide bonds. The molecule has 9 nitrogen and oxygen atoms in total. The van der Waals surface area contributed by atoms with Crippen molar-refractivity contribution in [3.8, 4) is 33.3 Å². The standard InChI is InChI=1S/C27H29N7O2S/c1-33-11-9-20(32-33)23-21(17-7-5-4-6-8-17)22-24(29-18-15-19(16-18)36-3)30-25(31-27(22)37-23)26-28-10-12-34(26)13-14-35-2/h4-12,18-19H,13-16H2,1-3H3,(H,29,30,31)/t18-,19+. The Kier molecular flexibility index (Phi) is 6.45. The highest BCUT2D eigenvalue weighted by Gasteiger charge is 2.31. The van der Waals surface area contributed by atoms with Crippen molar-refractivity contribution < 1.29 is 9.47 Å². The number of nitrogens with one attached hydrogen (secondary N) is 1. The number of aryl methyl sites for hydroxylation is 1. The van der Waals surface area contributed by atoms with E-state index in [0.29, 0.717) is 19.0 Å². The highest BCUT2D eigenvalue weighted by Crippen LogP contribution is 2.47. The van der Waals surface area contributed by atoms with Gasteiger partial charge in [-0.2, -0.15) is 5.10 Å². The number of nitrogens with zero attached hydrogens (tertiary/aromatic N) is 6. The Balaban J connectivity index is 1.56. The highest BCUT2D eigenvalue weighted by atomic mass is 32.1. The first-order valence-corrected chi connectivity index (χ1v) is 13.2. The zero-order valence-electron chi connectivity index (χ0n) is 21.1. The molecule has 1 N–H and O–H groups in total. The van der Waals surface area contributed by atoms with Crippen molar-refractivity contribution in [3.05, 3.63) is 55.0 Å². The van der Waals surface area contributed by atoms with Gasteiger partial charge in [0.1, 0.15) is 16.3 Å². The van der Waals surface area contributed by atoms with E-state index in [1.807, 2.05) is 40.8 Å². The number of fused-ring (bicyclic) bond motifs is 1. The van der Waals surface area contributed by atoms with Crippen LogP contribution in [0.2, 0.25) is 0 Å². The number of ether oxygens (including phenoxy) is 2. The second-order valence-electron chi connectivity index (χ2n) is 9.23. The fraction of sp³-hybridized carbons (Fsp3) is 0.333. The normalized spacial score (nSPS) is 17.3. The van der Waals surface area contributed by atoms with Crippen molar-refractivity contribution >= 4 is 27.4 Å². The highest BCUT2D eigenvalue weighted by molar-refractivity contribution is 7.22. The average Bonchev–Trinajstić information content (AvgIpc) is 3.63. The number of methoxy groups -OCH3 is 2. The third kappa shape index (κ3) is 4.52. The van der Waals surface area contributed by atoms with E-state index in [4.69, 9.17) is 24.5 Å². The van der Waals surface area contributed by atoms with Gasteiger partial charge >= 0.3 is 0 Å². The molecule has 0 atom stereocenters. The summed E-state index contributed by atoms with van der Waals surface area (Å²) in [4.78, 5) is 16.7. The zero-order valence-corrected chi connectivity index (χ0v) is 21.9. The zero-order chi connectivity index (χ0) is 25.4. The van der Waals surface area contributed by atoms with Crippen molar-refractivity contribution in [3.63, 3.8) is 0 Å². The smallest absolute Gasteiger partial charge is 0.199 e. The minimum Gasteiger partial charge on any atom is -0.383 e. The molecule has 10 heteroatoms. The topological polar surface area (TPSA) is 91.9 Å². The number of rotatable bonds is 9. The molecule has 0 radical (unpaired) electrons. The van der Waals surface area contributed by atoms with Crippen LogP contribution < -0.4 is 5.32 Å². The first-order chi connectivity index (χ1) is 18.1. The van der Waals surface area contributed by atoms with E-state index in [9.17, 15) is 0 Å². The van der Waals surface area contributed by atoms with Crippen LogP contribution in [0.4, 0.5) is 5.82 Å². The monoisotopic (exact) mass is 515 g/mol. The van der Waals surface area contributed by atoms with E-state index in [1.54, 1.807) is 31.8 Å². The van der Waals surface area contributed by atoms with E-state index in [0.717, 1.165) is 56.4 Å². The Bertz CT molecular complexity index is 1520. The molecule has 5 aromatic rings. The molecule has 1 fully saturated rings. The molecule has 1 aliphatic carbocycles. The summed E-state index contributed by atoms with van der Waals surface area (Å²) in [5, 5.41) is 9.46. The van der Waals surface area contributed by atoms with E-state index >= 15 is 0 Å². The van der Waals surface area contributed by atoms with Gasteiger partial charge in [-0.05, 0) is 24.5 Å². The third-order valence-electron chi connectivity index (χ3n) is 6.78. The van der Waals surface area contributed by atoms with Crippen LogP contribution in [-0.2, 0) is 23.1 Å². The lowest BCUT2D eigenvalue weighted by Gasteiger charge is -2.35. The summed E-state index contributed by atoms with van der Waals surface area (Å²) in [6.45, 7) is 1.26. The van der Waals surface area contributed by atoms with Gasteiger partial charge in [-0.1, -0.05) is 30.3 Å². The summed E-state index contributed by atoms with van der Waals surface area (Å²) in [6.07, 6.45) is 7.85. The molecule has 1 aliphatic rings. The van der Waals surface area contributed by atoms with Gasteiger partial charge in [0.2, 0.25) is 0 Å². The predicted molar refractivity (Wildman–Crippen MR) is 146 cm³/mol. The third-order valence-corrected chi connectivity index (χ3v) is 7.89. The molecule has 6 rings (SSSR count). The Labute approximate surface area is 219 Å². The molecule has 1 aromatic carbocycles. The largest absolute Gasteiger partial charge is 0.383 e. The molecule has 1 saturated carbocycles. The Morgan fingerprint density at radius 2 is 1.92 bits per heavy atom. The van der Waals surface area contributed by atoms with Crippen LogP contribution in [0.1, 0.15) is 12.8 Å². The van der Waals surface area contributed by atoms with Crippen molar-refractivity contribution in [1.82, 2.24) is 29.3 Å². The molecule has 0 saturated heterocycles. The van der Waals surface area contributed by atoms with Crippen molar-refractivity contribution in [2.75, 3.05) is 26.1 Å². The quantitative estimate of drug-likeness (QED) is 0.300. The van der Waals surface area contributed by atoms with Gasteiger partial charge in [-0.15, -0.1) is 11.3 Å². The van der Waals surface area contributed by atoms with E-state index in [-0.39, 0.29) is 12.1 Å². The Morgan fingerprint density at radius 1 is 1.08 bits per heavy atom. The van der Waals surface area contributed by atoms with E-state index in [2.05, 4.69) is 34.6 Å². The van der Waals surface area contributed by atoms with Crippen LogP contribution in [0.25, 0.3) is 43.6 Å². The second kappa shape index (κ2) is 10.0. The molecule has 190 valence electrons. The van der Waals surface area contributed by atoms with E-state index in [1.165, 1.54) is 0 Å². The molecule has 0 spiro atoms. The summed E-state index contributed by atoms with van der Waals surface area (Å²) in [5.41, 5.74) is 3.12. The predicted octanol–water partition coefficient (Wildman–Crippen LogP) is 4.86. The molecule has 37 heavy (non-hydrogen) atoms. The molecular weight excluding hydrogens is 486 g/mol. The van der Waals surface area contributed by atoms with Crippen LogP contribution in [-0.4, -0.2) is 62.3 Å². The Hall–Kier alpha value is -3.60. The number of anilines is 1. The molecule has 4 heterocycles. The maximum Gasteiger partial charge on any atom is 0.199 e. The van der Waals surface area contributed by atoms with E-state index < -0.39 is 0 Å². The number of thiophene rings is 1. The SMILES string of the molecule is COCCn1ccnc1-c1nc(N[C@H]2C[C@@H](OC)C2)c2c(-c3ccccc3)c(-c3ccn(C)n3)sc2n1. The summed E-state index contributed by atoms with van der Waals surface area (Å²) in [5.74, 6) is 2.13. The molecule has 4 aromatic heterocycles. The molecule has 0 aliphatic heterocycles. The molecule has 0 bridgehead atoms. The van der Waals surface area contributed by atoms with Crippen molar-refractivity contribution in [2.45, 2.75) is 31.5 Å². The summed E-state index contributed by atoms with van der Waals surface area (Å²) < 4.78 is 14.7. The number of hydrogen-bond acceptors (Lipinski definition) is 8. The first-order valence-electron chi connectivity index (χ1n) is 12.3. The first kappa shape index (κ1) is 23.8. The van der Waals surface area contributed by atoms with Crippen LogP contribution in [0.3, 0.4) is 0 Å². The van der Waals surface area contributed by atoms with Crippen LogP contribution in [0.15, 0.2) is 55.0 Å². The van der Waals surface area contributed by atoms with Crippen molar-refractivity contribution in [2.24, 2.45) is 7.05 Å². The molecular formula is C27H29N7O2S. The van der Waals surface area contributed by atoms with Gasteiger partial charge in [-0.25, -0.2) is 15.0 Å². The van der Waals surface area contributed by atoms with Gasteiger partial charge in [0, 0.05) is 58.0 Å². The number of aromatic nitrogens is 6. The number of hydrogen-bond donors (Lipinski definition) is 1. The van der Waals surface area contributed by atoms with Gasteiger partial charge in [0.25, 0.3) is 0 Å². The fourth-order valence-corrected chi connectivity index (χ4v) is 5.92. The van der Waals surface area contributed by atoms with Crippen molar-refractivity contribution in [1.29, 1.82) is 0 Å². The van der Waals surface area contributed by atoms with Gasteiger partial charge in [0.05, 0.1) is 23.0 Å². The second-order valence-corrected chi connectivity index (χ2v) is 10.2. The van der Waals surface area contributed by atoms with Crippen LogP contribution >= 0.6 is 11.3 Å². The Morgan fingerprint density at radius 3 is 2.65 bits per heavy atom. The number of imidazole rings is 1. The lowest BCUT2D eigenvalue weighted by atomic mass is 9.89. The maximum absolute atomic E-state index is 5.53. The van der Waals surface area contributed by atoms with Gasteiger partial charge in [-0.3, -0.25) is 4.68 Å². The molecule has 0 unspecified atom stereocenters. The van der Waals surface area contributed by atoms with Gasteiger partial charge < -0.3 is 19.4 Å². The lowest BCUT2D eigenvalue weighted by Crippen LogP contribution is -2.40. The lowest BCUT2D eigenvalue weighted by molar-refractivity contribution is 0.0328. The minimum atomic E-state index is 0.280. The minimum absolute atomic E-state index is 0.280. The summed E-state index contributed by atoms with van der Waals surface area (Å²) >= 11 is 1.64. The average molecular weight is 516 g/mol. The summed E-state index contributed by atoms with van der Waals surface area (Å²) in [7, 11) is 5.41.